The second-order valence-corrected chi connectivity index (χ2v) is 8.54. The van der Waals surface area contributed by atoms with Crippen LogP contribution in [0.1, 0.15) is 46.4 Å². The molecule has 0 radical (unpaired) electrons. The van der Waals surface area contributed by atoms with E-state index in [1.165, 1.54) is 12.8 Å². The molecule has 0 unspecified atom stereocenters. The lowest BCUT2D eigenvalue weighted by molar-refractivity contribution is 0.0761. The summed E-state index contributed by atoms with van der Waals surface area (Å²) in [4.78, 5) is 27.2. The van der Waals surface area contributed by atoms with Gasteiger partial charge in [0.1, 0.15) is 0 Å². The minimum absolute atomic E-state index is 0.0679. The molecule has 168 valence electrons. The minimum Gasteiger partial charge on any atom is -0.339 e. The Kier molecular flexibility index (Phi) is 7.47. The van der Waals surface area contributed by atoms with Gasteiger partial charge in [-0.1, -0.05) is 55.3 Å². The normalized spacial score (nSPS) is 13.6. The summed E-state index contributed by atoms with van der Waals surface area (Å²) in [5.41, 5.74) is 4.04. The highest BCUT2D eigenvalue weighted by atomic mass is 32.1. The molecule has 0 atom stereocenters. The maximum Gasteiger partial charge on any atom is 0.257 e. The number of benzene rings is 3. The molecule has 4 rings (SSSR count). The zero-order valence-corrected chi connectivity index (χ0v) is 19.2. The van der Waals surface area contributed by atoms with Crippen molar-refractivity contribution < 1.29 is 9.59 Å². The van der Waals surface area contributed by atoms with E-state index in [-0.39, 0.29) is 16.9 Å². The number of nitrogens with one attached hydrogen (secondary N) is 2. The van der Waals surface area contributed by atoms with Crippen molar-refractivity contribution >= 4 is 34.8 Å². The third-order valence-electron chi connectivity index (χ3n) is 5.76. The fourth-order valence-corrected chi connectivity index (χ4v) is 4.15. The van der Waals surface area contributed by atoms with Crippen molar-refractivity contribution in [2.24, 2.45) is 0 Å². The van der Waals surface area contributed by atoms with Crippen molar-refractivity contribution in [2.75, 3.05) is 18.4 Å². The first kappa shape index (κ1) is 22.7. The maximum absolute atomic E-state index is 12.7. The molecule has 1 aliphatic rings. The summed E-state index contributed by atoms with van der Waals surface area (Å²) in [6, 6.07) is 24.6. The predicted molar refractivity (Wildman–Crippen MR) is 136 cm³/mol. The first-order chi connectivity index (χ1) is 16.1. The van der Waals surface area contributed by atoms with E-state index in [4.69, 9.17) is 12.2 Å². The number of amides is 2. The monoisotopic (exact) mass is 457 g/mol. The predicted octanol–water partition coefficient (Wildman–Crippen LogP) is 5.50. The van der Waals surface area contributed by atoms with Gasteiger partial charge in [-0.25, -0.2) is 0 Å². The molecule has 2 N–H and O–H groups in total. The van der Waals surface area contributed by atoms with E-state index in [9.17, 15) is 9.59 Å². The highest BCUT2D eigenvalue weighted by molar-refractivity contribution is 7.80. The van der Waals surface area contributed by atoms with Gasteiger partial charge >= 0.3 is 0 Å². The Morgan fingerprint density at radius 2 is 1.27 bits per heavy atom. The van der Waals surface area contributed by atoms with Crippen LogP contribution >= 0.6 is 12.2 Å². The van der Waals surface area contributed by atoms with E-state index in [1.807, 2.05) is 47.4 Å². The molecule has 0 aromatic heterocycles. The van der Waals surface area contributed by atoms with Gasteiger partial charge in [-0.15, -0.1) is 0 Å². The summed E-state index contributed by atoms with van der Waals surface area (Å²) in [5.74, 6) is -0.210. The number of anilines is 1. The van der Waals surface area contributed by atoms with Gasteiger partial charge in [0.2, 0.25) is 0 Å². The second-order valence-electron chi connectivity index (χ2n) is 8.14. The SMILES string of the molecule is O=C(NC(=S)Nc1ccc(C(=O)N2CCCCCC2)cc1)c1ccc(-c2ccccc2)cc1. The Labute approximate surface area is 199 Å². The average molecular weight is 458 g/mol. The van der Waals surface area contributed by atoms with Crippen LogP contribution in [0, 0.1) is 0 Å². The third-order valence-corrected chi connectivity index (χ3v) is 5.97. The van der Waals surface area contributed by atoms with Gasteiger partial charge in [-0.3, -0.25) is 14.9 Å². The number of carbonyl (C=O) groups is 2. The zero-order chi connectivity index (χ0) is 23.0. The van der Waals surface area contributed by atoms with Gasteiger partial charge in [-0.2, -0.15) is 0 Å². The molecule has 0 spiro atoms. The molecule has 3 aromatic rings. The quantitative estimate of drug-likeness (QED) is 0.508. The summed E-state index contributed by atoms with van der Waals surface area (Å²) in [5, 5.41) is 5.92. The van der Waals surface area contributed by atoms with Crippen molar-refractivity contribution in [3.63, 3.8) is 0 Å². The van der Waals surface area contributed by atoms with E-state index in [0.717, 1.165) is 37.1 Å². The summed E-state index contributed by atoms with van der Waals surface area (Å²) in [6.45, 7) is 1.64. The van der Waals surface area contributed by atoms with Gasteiger partial charge in [0.05, 0.1) is 0 Å². The molecular formula is C27H27N3O2S. The van der Waals surface area contributed by atoms with Crippen LogP contribution in [0.25, 0.3) is 11.1 Å². The Bertz CT molecular complexity index is 1100. The highest BCUT2D eigenvalue weighted by Gasteiger charge is 2.17. The van der Waals surface area contributed by atoms with E-state index in [1.54, 1.807) is 36.4 Å². The second kappa shape index (κ2) is 10.9. The minimum atomic E-state index is -0.278. The first-order valence-electron chi connectivity index (χ1n) is 11.3. The lowest BCUT2D eigenvalue weighted by atomic mass is 10.0. The Hall–Kier alpha value is -3.51. The smallest absolute Gasteiger partial charge is 0.257 e. The fraction of sp³-hybridized carbons (Fsp3) is 0.222. The molecule has 3 aromatic carbocycles. The van der Waals surface area contributed by atoms with Crippen LogP contribution in [-0.2, 0) is 0 Å². The fourth-order valence-electron chi connectivity index (χ4n) is 3.93. The Morgan fingerprint density at radius 1 is 0.697 bits per heavy atom. The molecule has 1 heterocycles. The molecule has 1 saturated heterocycles. The molecule has 1 aliphatic heterocycles. The van der Waals surface area contributed by atoms with Crippen molar-refractivity contribution in [2.45, 2.75) is 25.7 Å². The van der Waals surface area contributed by atoms with Gasteiger partial charge in [0, 0.05) is 29.9 Å². The molecule has 6 heteroatoms. The third kappa shape index (κ3) is 6.05. The number of rotatable bonds is 4. The maximum atomic E-state index is 12.7. The van der Waals surface area contributed by atoms with Gasteiger partial charge in [-0.05, 0) is 72.6 Å². The van der Waals surface area contributed by atoms with Crippen LogP contribution in [0.15, 0.2) is 78.9 Å². The van der Waals surface area contributed by atoms with E-state index >= 15 is 0 Å². The van der Waals surface area contributed by atoms with Gasteiger partial charge in [0.25, 0.3) is 11.8 Å². The molecule has 0 bridgehead atoms. The summed E-state index contributed by atoms with van der Waals surface area (Å²) in [6.07, 6.45) is 4.50. The Morgan fingerprint density at radius 3 is 1.91 bits per heavy atom. The lowest BCUT2D eigenvalue weighted by Crippen LogP contribution is -2.34. The average Bonchev–Trinajstić information content (AvgIpc) is 3.14. The van der Waals surface area contributed by atoms with E-state index in [2.05, 4.69) is 10.6 Å². The number of likely N-dealkylation sites (tertiary alicyclic amines) is 1. The molecule has 5 nitrogen and oxygen atoms in total. The van der Waals surface area contributed by atoms with E-state index in [0.29, 0.717) is 16.8 Å². The van der Waals surface area contributed by atoms with Gasteiger partial charge < -0.3 is 10.2 Å². The summed E-state index contributed by atoms with van der Waals surface area (Å²) < 4.78 is 0. The number of carbonyl (C=O) groups excluding carboxylic acids is 2. The summed E-state index contributed by atoms with van der Waals surface area (Å²) in [7, 11) is 0. The Balaban J connectivity index is 1.32. The lowest BCUT2D eigenvalue weighted by Gasteiger charge is -2.20. The van der Waals surface area contributed by atoms with Crippen molar-refractivity contribution in [1.82, 2.24) is 10.2 Å². The molecule has 33 heavy (non-hydrogen) atoms. The molecular weight excluding hydrogens is 430 g/mol. The molecule has 0 saturated carbocycles. The number of thiocarbonyl (C=S) groups is 1. The number of hydrogen-bond donors (Lipinski definition) is 2. The molecule has 0 aliphatic carbocycles. The largest absolute Gasteiger partial charge is 0.339 e. The first-order valence-corrected chi connectivity index (χ1v) is 11.7. The zero-order valence-electron chi connectivity index (χ0n) is 18.4. The number of nitrogens with zero attached hydrogens (tertiary/aromatic N) is 1. The molecule has 2 amide bonds. The van der Waals surface area contributed by atoms with Crippen LogP contribution in [0.2, 0.25) is 0 Å². The van der Waals surface area contributed by atoms with Crippen molar-refractivity contribution in [3.8, 4) is 11.1 Å². The summed E-state index contributed by atoms with van der Waals surface area (Å²) >= 11 is 5.30. The molecule has 1 fully saturated rings. The van der Waals surface area contributed by atoms with Crippen LogP contribution in [-0.4, -0.2) is 34.9 Å². The van der Waals surface area contributed by atoms with Crippen LogP contribution in [0.4, 0.5) is 5.69 Å². The van der Waals surface area contributed by atoms with Crippen molar-refractivity contribution in [1.29, 1.82) is 0 Å². The number of hydrogen-bond acceptors (Lipinski definition) is 3. The van der Waals surface area contributed by atoms with Gasteiger partial charge in [0.15, 0.2) is 5.11 Å². The topological polar surface area (TPSA) is 61.4 Å². The van der Waals surface area contributed by atoms with Crippen LogP contribution in [0.5, 0.6) is 0 Å². The van der Waals surface area contributed by atoms with E-state index < -0.39 is 0 Å². The standard InChI is InChI=1S/C27H27N3O2S/c31-25(22-12-10-21(11-13-22)20-8-4-3-5-9-20)29-27(33)28-24-16-14-23(15-17-24)26(32)30-18-6-1-2-7-19-30/h3-5,8-17H,1-2,6-7,18-19H2,(H2,28,29,31,33). The highest BCUT2D eigenvalue weighted by Crippen LogP contribution is 2.19. The van der Waals surface area contributed by atoms with Crippen LogP contribution in [0.3, 0.4) is 0 Å². The van der Waals surface area contributed by atoms with Crippen LogP contribution < -0.4 is 10.6 Å². The van der Waals surface area contributed by atoms with Crippen molar-refractivity contribution in [3.05, 3.63) is 90.0 Å².